The van der Waals surface area contributed by atoms with Crippen molar-refractivity contribution in [3.8, 4) is 0 Å². The standard InChI is InChI=1S/C20H20BrN3O8S/c21-13-3-1-12(2-4-13)11-16(20(27)28)22-19(26)17-9-10-18(25)23(17)33(31,32)15-7-5-14(6-8-15)24(29)30/h1-8,16-18,25H,9-11H2,(H,22,26)(H,27,28)/t16-,17-,18?/m0/s1. The Balaban J connectivity index is 1.81. The summed E-state index contributed by atoms with van der Waals surface area (Å²) in [4.78, 5) is 34.4. The number of nitrogens with zero attached hydrogens (tertiary/aromatic N) is 2. The zero-order valence-electron chi connectivity index (χ0n) is 17.0. The predicted octanol–water partition coefficient (Wildman–Crippen LogP) is 1.64. The van der Waals surface area contributed by atoms with Crippen LogP contribution in [0, 0.1) is 10.1 Å². The first-order valence-corrected chi connectivity index (χ1v) is 12.0. The number of carbonyl (C=O) groups is 2. The number of hydrogen-bond donors (Lipinski definition) is 3. The molecule has 1 amide bonds. The Kier molecular flexibility index (Phi) is 7.47. The van der Waals surface area contributed by atoms with Crippen LogP contribution in [0.3, 0.4) is 0 Å². The highest BCUT2D eigenvalue weighted by molar-refractivity contribution is 9.10. The highest BCUT2D eigenvalue weighted by Crippen LogP contribution is 2.31. The lowest BCUT2D eigenvalue weighted by molar-refractivity contribution is -0.384. The number of aliphatic hydroxyl groups is 1. The van der Waals surface area contributed by atoms with E-state index in [0.717, 1.165) is 28.7 Å². The molecule has 0 bridgehead atoms. The number of carbonyl (C=O) groups excluding carboxylic acids is 1. The van der Waals surface area contributed by atoms with Crippen LogP contribution < -0.4 is 5.32 Å². The van der Waals surface area contributed by atoms with Crippen molar-refractivity contribution >= 4 is 43.5 Å². The summed E-state index contributed by atoms with van der Waals surface area (Å²) in [6, 6.07) is 8.21. The number of nitro benzene ring substituents is 1. The van der Waals surface area contributed by atoms with Crippen molar-refractivity contribution in [3.63, 3.8) is 0 Å². The number of benzene rings is 2. The molecule has 0 aromatic heterocycles. The van der Waals surface area contributed by atoms with Gasteiger partial charge in [0.2, 0.25) is 15.9 Å². The van der Waals surface area contributed by atoms with Crippen LogP contribution in [0.1, 0.15) is 18.4 Å². The van der Waals surface area contributed by atoms with Crippen molar-refractivity contribution in [3.05, 3.63) is 68.7 Å². The van der Waals surface area contributed by atoms with Gasteiger partial charge in [0.05, 0.1) is 9.82 Å². The van der Waals surface area contributed by atoms with Crippen LogP contribution >= 0.6 is 15.9 Å². The summed E-state index contributed by atoms with van der Waals surface area (Å²) in [6.07, 6.45) is -1.59. The Bertz CT molecular complexity index is 1150. The molecule has 1 fully saturated rings. The van der Waals surface area contributed by atoms with Crippen LogP contribution in [0.25, 0.3) is 0 Å². The summed E-state index contributed by atoms with van der Waals surface area (Å²) >= 11 is 3.28. The maximum absolute atomic E-state index is 13.1. The molecule has 11 nitrogen and oxygen atoms in total. The highest BCUT2D eigenvalue weighted by atomic mass is 79.9. The van der Waals surface area contributed by atoms with Crippen molar-refractivity contribution in [2.45, 2.75) is 42.5 Å². The summed E-state index contributed by atoms with van der Waals surface area (Å²) in [5, 5.41) is 33.0. The van der Waals surface area contributed by atoms with Gasteiger partial charge in [0.25, 0.3) is 5.69 Å². The first kappa shape index (κ1) is 24.8. The van der Waals surface area contributed by atoms with Gasteiger partial charge in [0.15, 0.2) is 0 Å². The molecule has 0 radical (unpaired) electrons. The Morgan fingerprint density at radius 1 is 1.15 bits per heavy atom. The molecular formula is C20H20BrN3O8S. The second kappa shape index (κ2) is 9.95. The number of hydrogen-bond acceptors (Lipinski definition) is 7. The maximum atomic E-state index is 13.1. The van der Waals surface area contributed by atoms with Crippen LogP contribution in [0.4, 0.5) is 5.69 Å². The minimum Gasteiger partial charge on any atom is -0.480 e. The molecule has 1 unspecified atom stereocenters. The molecule has 3 atom stereocenters. The van der Waals surface area contributed by atoms with Crippen molar-refractivity contribution in [2.24, 2.45) is 0 Å². The van der Waals surface area contributed by atoms with E-state index in [0.29, 0.717) is 9.87 Å². The quantitative estimate of drug-likeness (QED) is 0.334. The molecule has 0 aliphatic carbocycles. The van der Waals surface area contributed by atoms with Gasteiger partial charge in [-0.15, -0.1) is 0 Å². The van der Waals surface area contributed by atoms with Crippen molar-refractivity contribution in [2.75, 3.05) is 0 Å². The van der Waals surface area contributed by atoms with E-state index in [1.807, 2.05) is 0 Å². The molecule has 2 aromatic carbocycles. The highest BCUT2D eigenvalue weighted by Gasteiger charge is 2.45. The van der Waals surface area contributed by atoms with Crippen molar-refractivity contribution in [1.82, 2.24) is 9.62 Å². The Hall–Kier alpha value is -2.87. The average molecular weight is 542 g/mol. The molecule has 1 saturated heterocycles. The minimum absolute atomic E-state index is 0.0240. The molecule has 0 spiro atoms. The Morgan fingerprint density at radius 2 is 1.76 bits per heavy atom. The van der Waals surface area contributed by atoms with E-state index < -0.39 is 45.1 Å². The smallest absolute Gasteiger partial charge is 0.326 e. The fourth-order valence-corrected chi connectivity index (χ4v) is 5.48. The maximum Gasteiger partial charge on any atom is 0.326 e. The molecule has 1 heterocycles. The second-order valence-electron chi connectivity index (χ2n) is 7.39. The lowest BCUT2D eigenvalue weighted by Crippen LogP contribution is -2.53. The van der Waals surface area contributed by atoms with Crippen LogP contribution in [-0.2, 0) is 26.0 Å². The number of carboxylic acids is 1. The monoisotopic (exact) mass is 541 g/mol. The first-order chi connectivity index (χ1) is 15.5. The van der Waals surface area contributed by atoms with E-state index in [1.54, 1.807) is 24.3 Å². The summed E-state index contributed by atoms with van der Waals surface area (Å²) in [7, 11) is -4.40. The third-order valence-corrected chi connectivity index (χ3v) is 7.64. The summed E-state index contributed by atoms with van der Waals surface area (Å²) < 4.78 is 27.6. The fraction of sp³-hybridized carbons (Fsp3) is 0.300. The van der Waals surface area contributed by atoms with E-state index in [-0.39, 0.29) is 29.8 Å². The summed E-state index contributed by atoms with van der Waals surface area (Å²) in [5.41, 5.74) is 0.329. The molecule has 1 aliphatic rings. The van der Waals surface area contributed by atoms with Gasteiger partial charge in [-0.05, 0) is 42.7 Å². The zero-order chi connectivity index (χ0) is 24.3. The van der Waals surface area contributed by atoms with Gasteiger partial charge >= 0.3 is 5.97 Å². The van der Waals surface area contributed by atoms with Gasteiger partial charge in [-0.2, -0.15) is 4.31 Å². The van der Waals surface area contributed by atoms with E-state index in [2.05, 4.69) is 21.2 Å². The lowest BCUT2D eigenvalue weighted by Gasteiger charge is -2.27. The van der Waals surface area contributed by atoms with E-state index >= 15 is 0 Å². The SMILES string of the molecule is O=C(O)[C@H](Cc1ccc(Br)cc1)NC(=O)[C@@H]1CCC(O)N1S(=O)(=O)c1ccc([N+](=O)[O-])cc1. The molecular weight excluding hydrogens is 522 g/mol. The predicted molar refractivity (Wildman–Crippen MR) is 119 cm³/mol. The zero-order valence-corrected chi connectivity index (χ0v) is 19.4. The van der Waals surface area contributed by atoms with E-state index in [4.69, 9.17) is 0 Å². The number of rotatable bonds is 8. The van der Waals surface area contributed by atoms with E-state index in [9.17, 15) is 38.3 Å². The van der Waals surface area contributed by atoms with Gasteiger partial charge in [-0.3, -0.25) is 14.9 Å². The Labute approximate surface area is 197 Å². The number of nitrogens with one attached hydrogen (secondary N) is 1. The number of amides is 1. The van der Waals surface area contributed by atoms with Crippen LogP contribution in [0.15, 0.2) is 57.9 Å². The number of nitro groups is 1. The number of halogens is 1. The van der Waals surface area contributed by atoms with Gasteiger partial charge in [-0.1, -0.05) is 28.1 Å². The molecule has 33 heavy (non-hydrogen) atoms. The normalized spacial score (nSPS) is 19.7. The molecule has 3 rings (SSSR count). The average Bonchev–Trinajstić information content (AvgIpc) is 3.17. The number of non-ortho nitro benzene ring substituents is 1. The van der Waals surface area contributed by atoms with E-state index in [1.165, 1.54) is 0 Å². The third-order valence-electron chi connectivity index (χ3n) is 5.19. The number of aliphatic carboxylic acids is 1. The Morgan fingerprint density at radius 3 is 2.30 bits per heavy atom. The first-order valence-electron chi connectivity index (χ1n) is 9.74. The van der Waals surface area contributed by atoms with Gasteiger partial charge in [0, 0.05) is 23.0 Å². The molecule has 3 N–H and O–H groups in total. The molecule has 1 aliphatic heterocycles. The molecule has 2 aromatic rings. The largest absolute Gasteiger partial charge is 0.480 e. The topological polar surface area (TPSA) is 167 Å². The van der Waals surface area contributed by atoms with Crippen molar-refractivity contribution in [1.29, 1.82) is 0 Å². The second-order valence-corrected chi connectivity index (χ2v) is 10.1. The number of sulfonamides is 1. The summed E-state index contributed by atoms with van der Waals surface area (Å²) in [6.45, 7) is 0. The lowest BCUT2D eigenvalue weighted by atomic mass is 10.1. The van der Waals surface area contributed by atoms with Gasteiger partial charge < -0.3 is 15.5 Å². The summed E-state index contributed by atoms with van der Waals surface area (Å²) in [5.74, 6) is -2.16. The molecule has 13 heteroatoms. The van der Waals surface area contributed by atoms with Crippen LogP contribution in [0.5, 0.6) is 0 Å². The van der Waals surface area contributed by atoms with Gasteiger partial charge in [-0.25, -0.2) is 13.2 Å². The van der Waals surface area contributed by atoms with Gasteiger partial charge in [0.1, 0.15) is 18.3 Å². The number of aliphatic hydroxyl groups excluding tert-OH is 1. The number of carboxylic acid groups (broad SMARTS) is 1. The third kappa shape index (κ3) is 5.55. The molecule has 176 valence electrons. The molecule has 0 saturated carbocycles. The fourth-order valence-electron chi connectivity index (χ4n) is 3.53. The minimum atomic E-state index is -4.40. The van der Waals surface area contributed by atoms with Crippen molar-refractivity contribution < 1.29 is 33.1 Å². The van der Waals surface area contributed by atoms with Crippen LogP contribution in [-0.4, -0.2) is 58.0 Å². The van der Waals surface area contributed by atoms with Crippen LogP contribution in [0.2, 0.25) is 0 Å².